The molecule has 3 heterocycles. The second-order valence-electron chi connectivity index (χ2n) is 10.4. The Morgan fingerprint density at radius 3 is 2.67 bits per heavy atom. The van der Waals surface area contributed by atoms with E-state index in [1.165, 1.54) is 12.3 Å². The largest absolute Gasteiger partial charge is 0.448 e. The predicted octanol–water partition coefficient (Wildman–Crippen LogP) is 4.02. The number of carbonyl (C=O) groups is 2. The Bertz CT molecular complexity index is 1550. The first kappa shape index (κ1) is 28.7. The molecule has 0 spiro atoms. The highest BCUT2D eigenvalue weighted by Crippen LogP contribution is 2.43. The SMILES string of the molecule is Cc1cc(Oc2cnc(C(=O)NC(C)C(=O)N3[C@H](c4cccc(Cl)c4)CC[C@@H]3C(C)(C)C#N)nc2C)c(=O)[nH]n1. The quantitative estimate of drug-likeness (QED) is 0.437. The van der Waals surface area contributed by atoms with Gasteiger partial charge in [-0.3, -0.25) is 14.4 Å². The van der Waals surface area contributed by atoms with Crippen LogP contribution in [-0.4, -0.2) is 49.0 Å². The summed E-state index contributed by atoms with van der Waals surface area (Å²) in [5.41, 5.74) is 0.421. The third-order valence-electron chi connectivity index (χ3n) is 6.97. The molecule has 1 aliphatic rings. The number of benzene rings is 1. The van der Waals surface area contributed by atoms with E-state index in [2.05, 4.69) is 31.6 Å². The zero-order valence-electron chi connectivity index (χ0n) is 22.9. The molecule has 0 saturated carbocycles. The first-order valence-corrected chi connectivity index (χ1v) is 13.2. The van der Waals surface area contributed by atoms with Crippen LogP contribution >= 0.6 is 11.6 Å². The Kier molecular flexibility index (Phi) is 8.21. The van der Waals surface area contributed by atoms with Crippen LogP contribution in [0.2, 0.25) is 5.02 Å². The number of nitrogens with zero attached hydrogens (tertiary/aromatic N) is 5. The highest BCUT2D eigenvalue weighted by molar-refractivity contribution is 6.30. The van der Waals surface area contributed by atoms with Gasteiger partial charge in [0, 0.05) is 11.1 Å². The van der Waals surface area contributed by atoms with E-state index in [0.29, 0.717) is 29.3 Å². The molecule has 1 unspecified atom stereocenters. The van der Waals surface area contributed by atoms with Crippen LogP contribution in [0.1, 0.15) is 67.2 Å². The smallest absolute Gasteiger partial charge is 0.307 e. The van der Waals surface area contributed by atoms with Gasteiger partial charge in [-0.25, -0.2) is 15.1 Å². The summed E-state index contributed by atoms with van der Waals surface area (Å²) >= 11 is 6.23. The third kappa shape index (κ3) is 5.97. The zero-order valence-corrected chi connectivity index (χ0v) is 23.6. The monoisotopic (exact) mass is 563 g/mol. The number of hydrogen-bond acceptors (Lipinski definition) is 8. The zero-order chi connectivity index (χ0) is 29.2. The first-order chi connectivity index (χ1) is 18.9. The van der Waals surface area contributed by atoms with Gasteiger partial charge in [-0.05, 0) is 65.2 Å². The summed E-state index contributed by atoms with van der Waals surface area (Å²) in [4.78, 5) is 48.8. The fourth-order valence-electron chi connectivity index (χ4n) is 4.83. The van der Waals surface area contributed by atoms with Crippen molar-refractivity contribution in [1.29, 1.82) is 5.26 Å². The Hall–Kier alpha value is -4.30. The summed E-state index contributed by atoms with van der Waals surface area (Å²) in [6.07, 6.45) is 2.58. The maximum absolute atomic E-state index is 13.8. The molecule has 1 saturated heterocycles. The molecule has 2 N–H and O–H groups in total. The molecule has 11 nitrogen and oxygen atoms in total. The lowest BCUT2D eigenvalue weighted by atomic mass is 9.84. The highest BCUT2D eigenvalue weighted by Gasteiger charge is 2.46. The normalized spacial score (nSPS) is 17.7. The summed E-state index contributed by atoms with van der Waals surface area (Å²) < 4.78 is 5.62. The van der Waals surface area contributed by atoms with Gasteiger partial charge in [0.05, 0.1) is 41.2 Å². The fraction of sp³-hybridized carbons (Fsp3) is 0.393. The van der Waals surface area contributed by atoms with Crippen LogP contribution in [0, 0.1) is 30.6 Å². The maximum Gasteiger partial charge on any atom is 0.307 e. The summed E-state index contributed by atoms with van der Waals surface area (Å²) in [6.45, 7) is 8.52. The fourth-order valence-corrected chi connectivity index (χ4v) is 5.03. The van der Waals surface area contributed by atoms with E-state index in [0.717, 1.165) is 5.56 Å². The second-order valence-corrected chi connectivity index (χ2v) is 10.8. The van der Waals surface area contributed by atoms with Crippen molar-refractivity contribution >= 4 is 23.4 Å². The Morgan fingerprint density at radius 2 is 2.00 bits per heavy atom. The third-order valence-corrected chi connectivity index (χ3v) is 7.20. The van der Waals surface area contributed by atoms with Gasteiger partial charge in [-0.2, -0.15) is 10.4 Å². The number of aromatic nitrogens is 4. The summed E-state index contributed by atoms with van der Waals surface area (Å²) in [5.74, 6) is -0.924. The lowest BCUT2D eigenvalue weighted by Gasteiger charge is -2.38. The Labute approximate surface area is 236 Å². The number of nitriles is 1. The molecule has 2 amide bonds. The number of halogens is 1. The topological polar surface area (TPSA) is 154 Å². The number of nitrogens with one attached hydrogen (secondary N) is 2. The number of hydrogen-bond donors (Lipinski definition) is 2. The van der Waals surface area contributed by atoms with Crippen LogP contribution in [0.4, 0.5) is 0 Å². The molecule has 1 aromatic carbocycles. The Balaban J connectivity index is 1.53. The second kappa shape index (κ2) is 11.4. The lowest BCUT2D eigenvalue weighted by Crippen LogP contribution is -2.52. The van der Waals surface area contributed by atoms with Gasteiger partial charge in [0.1, 0.15) is 6.04 Å². The Morgan fingerprint density at radius 1 is 1.25 bits per heavy atom. The molecule has 40 heavy (non-hydrogen) atoms. The number of aryl methyl sites for hydroxylation is 2. The molecule has 1 fully saturated rings. The number of carbonyl (C=O) groups excluding carboxylic acids is 2. The van der Waals surface area contributed by atoms with E-state index in [1.807, 2.05) is 32.0 Å². The molecule has 12 heteroatoms. The van der Waals surface area contributed by atoms with Gasteiger partial charge in [-0.1, -0.05) is 23.7 Å². The molecule has 1 aliphatic heterocycles. The highest BCUT2D eigenvalue weighted by atomic mass is 35.5. The van der Waals surface area contributed by atoms with E-state index in [9.17, 15) is 19.6 Å². The minimum absolute atomic E-state index is 0.0188. The van der Waals surface area contributed by atoms with Crippen molar-refractivity contribution in [3.8, 4) is 17.6 Å². The maximum atomic E-state index is 13.8. The number of aromatic amines is 1. The van der Waals surface area contributed by atoms with E-state index in [-0.39, 0.29) is 35.3 Å². The van der Waals surface area contributed by atoms with E-state index in [1.54, 1.807) is 31.7 Å². The predicted molar refractivity (Wildman–Crippen MR) is 147 cm³/mol. The van der Waals surface area contributed by atoms with Crippen LogP contribution in [0.5, 0.6) is 11.5 Å². The van der Waals surface area contributed by atoms with Gasteiger partial charge in [0.25, 0.3) is 5.91 Å². The van der Waals surface area contributed by atoms with Crippen molar-refractivity contribution in [3.63, 3.8) is 0 Å². The van der Waals surface area contributed by atoms with Crippen molar-refractivity contribution in [1.82, 2.24) is 30.4 Å². The molecular formula is C28H30ClN7O4. The van der Waals surface area contributed by atoms with Crippen LogP contribution < -0.4 is 15.6 Å². The lowest BCUT2D eigenvalue weighted by molar-refractivity contribution is -0.137. The van der Waals surface area contributed by atoms with Crippen molar-refractivity contribution < 1.29 is 14.3 Å². The van der Waals surface area contributed by atoms with Gasteiger partial charge < -0.3 is 15.0 Å². The first-order valence-electron chi connectivity index (χ1n) is 12.8. The molecule has 0 aliphatic carbocycles. The molecule has 208 valence electrons. The van der Waals surface area contributed by atoms with Crippen molar-refractivity contribution in [3.05, 3.63) is 74.7 Å². The van der Waals surface area contributed by atoms with Crippen molar-refractivity contribution in [2.45, 2.75) is 65.6 Å². The molecule has 0 radical (unpaired) electrons. The molecule has 3 atom stereocenters. The number of ether oxygens (including phenoxy) is 1. The molecule has 3 aromatic rings. The standard InChI is InChI=1S/C28H30ClN7O4/c1-15-11-21(25(37)35-34-15)40-22-13-31-24(32-16(22)2)26(38)33-17(3)27(39)36-20(18-7-6-8-19(29)12-18)9-10-23(36)28(4,5)14-30/h6-8,11-13,17,20,23H,9-10H2,1-5H3,(H,33,38)(H,35,37)/t17?,20-,23+/m0/s1. The molecule has 2 aromatic heterocycles. The van der Waals surface area contributed by atoms with Gasteiger partial charge in [0.15, 0.2) is 11.5 Å². The van der Waals surface area contributed by atoms with Crippen molar-refractivity contribution in [2.24, 2.45) is 5.41 Å². The van der Waals surface area contributed by atoms with Crippen LogP contribution in [0.15, 0.2) is 41.3 Å². The summed E-state index contributed by atoms with van der Waals surface area (Å²) in [6, 6.07) is 9.54. The van der Waals surface area contributed by atoms with Gasteiger partial charge >= 0.3 is 5.56 Å². The summed E-state index contributed by atoms with van der Waals surface area (Å²) in [5, 5.41) is 19.2. The van der Waals surface area contributed by atoms with E-state index in [4.69, 9.17) is 16.3 Å². The minimum Gasteiger partial charge on any atom is -0.448 e. The average Bonchev–Trinajstić information content (AvgIpc) is 3.37. The molecule has 4 rings (SSSR count). The average molecular weight is 564 g/mol. The van der Waals surface area contributed by atoms with Crippen LogP contribution in [-0.2, 0) is 4.79 Å². The van der Waals surface area contributed by atoms with Crippen LogP contribution in [0.25, 0.3) is 0 Å². The summed E-state index contributed by atoms with van der Waals surface area (Å²) in [7, 11) is 0. The van der Waals surface area contributed by atoms with Crippen LogP contribution in [0.3, 0.4) is 0 Å². The molecular weight excluding hydrogens is 534 g/mol. The minimum atomic E-state index is -0.928. The van der Waals surface area contributed by atoms with Gasteiger partial charge in [0.2, 0.25) is 11.7 Å². The number of H-pyrrole nitrogens is 1. The number of likely N-dealkylation sites (tertiary alicyclic amines) is 1. The van der Waals surface area contributed by atoms with E-state index < -0.39 is 22.9 Å². The molecule has 0 bridgehead atoms. The number of amides is 2. The number of rotatable bonds is 7. The van der Waals surface area contributed by atoms with Crippen molar-refractivity contribution in [2.75, 3.05) is 0 Å². The van der Waals surface area contributed by atoms with E-state index >= 15 is 0 Å². The van der Waals surface area contributed by atoms with Gasteiger partial charge in [-0.15, -0.1) is 0 Å².